The number of urea groups is 1. The van der Waals surface area contributed by atoms with Gasteiger partial charge < -0.3 is 15.4 Å². The lowest BCUT2D eigenvalue weighted by atomic mass is 10.2. The van der Waals surface area contributed by atoms with E-state index in [2.05, 4.69) is 17.6 Å². The molecule has 0 aliphatic rings. The molecule has 0 atom stereocenters. The third kappa shape index (κ3) is 5.08. The molecule has 100 valence electrons. The van der Waals surface area contributed by atoms with Crippen LogP contribution < -0.4 is 15.4 Å². The second-order valence-electron chi connectivity index (χ2n) is 4.02. The largest absolute Gasteiger partial charge is 0.492 e. The van der Waals surface area contributed by atoms with E-state index in [1.165, 1.54) is 0 Å². The normalized spacial score (nSPS) is 9.89. The molecule has 2 N–H and O–H groups in total. The Morgan fingerprint density at radius 2 is 2.00 bits per heavy atom. The highest BCUT2D eigenvalue weighted by Crippen LogP contribution is 2.23. The predicted octanol–water partition coefficient (Wildman–Crippen LogP) is 3.40. The van der Waals surface area contributed by atoms with Crippen molar-refractivity contribution < 1.29 is 9.53 Å². The minimum atomic E-state index is -0.182. The van der Waals surface area contributed by atoms with Gasteiger partial charge in [0.2, 0.25) is 0 Å². The lowest BCUT2D eigenvalue weighted by Crippen LogP contribution is -2.29. The Balaban J connectivity index is 2.43. The van der Waals surface area contributed by atoms with E-state index < -0.39 is 0 Å². The summed E-state index contributed by atoms with van der Waals surface area (Å²) in [5, 5.41) is 5.63. The topological polar surface area (TPSA) is 50.4 Å². The molecule has 0 bridgehead atoms. The van der Waals surface area contributed by atoms with Crippen LogP contribution in [-0.4, -0.2) is 19.2 Å². The third-order valence-electron chi connectivity index (χ3n) is 2.50. The zero-order valence-corrected chi connectivity index (χ0v) is 11.2. The average Bonchev–Trinajstić information content (AvgIpc) is 2.37. The van der Waals surface area contributed by atoms with Gasteiger partial charge in [-0.25, -0.2) is 4.79 Å². The van der Waals surface area contributed by atoms with Gasteiger partial charge in [-0.2, -0.15) is 0 Å². The van der Waals surface area contributed by atoms with Gasteiger partial charge in [0, 0.05) is 6.54 Å². The summed E-state index contributed by atoms with van der Waals surface area (Å²) in [6.07, 6.45) is 3.29. The van der Waals surface area contributed by atoms with E-state index >= 15 is 0 Å². The minimum Gasteiger partial charge on any atom is -0.492 e. The van der Waals surface area contributed by atoms with Crippen LogP contribution in [0.3, 0.4) is 0 Å². The molecule has 0 saturated heterocycles. The first kappa shape index (κ1) is 14.4. The SMILES string of the molecule is CCCCCNC(=O)Nc1ccccc1OCC. The van der Waals surface area contributed by atoms with Crippen LogP contribution in [0.4, 0.5) is 10.5 Å². The van der Waals surface area contributed by atoms with E-state index in [4.69, 9.17) is 4.74 Å². The van der Waals surface area contributed by atoms with E-state index in [0.29, 0.717) is 24.6 Å². The van der Waals surface area contributed by atoms with Crippen LogP contribution in [0.25, 0.3) is 0 Å². The maximum atomic E-state index is 11.7. The molecule has 2 amide bonds. The fourth-order valence-electron chi connectivity index (χ4n) is 1.59. The van der Waals surface area contributed by atoms with Gasteiger partial charge in [0.1, 0.15) is 5.75 Å². The smallest absolute Gasteiger partial charge is 0.319 e. The van der Waals surface area contributed by atoms with Crippen molar-refractivity contribution in [2.24, 2.45) is 0 Å². The zero-order valence-electron chi connectivity index (χ0n) is 11.2. The predicted molar refractivity (Wildman–Crippen MR) is 74.2 cm³/mol. The van der Waals surface area contributed by atoms with Gasteiger partial charge in [-0.15, -0.1) is 0 Å². The first-order chi connectivity index (χ1) is 8.77. The molecular weight excluding hydrogens is 228 g/mol. The second kappa shape index (κ2) is 8.39. The number of rotatable bonds is 7. The van der Waals surface area contributed by atoms with Gasteiger partial charge in [-0.1, -0.05) is 31.9 Å². The Morgan fingerprint density at radius 3 is 2.72 bits per heavy atom. The van der Waals surface area contributed by atoms with Crippen molar-refractivity contribution in [1.29, 1.82) is 0 Å². The molecule has 0 heterocycles. The molecule has 0 aliphatic carbocycles. The molecule has 0 spiro atoms. The summed E-state index contributed by atoms with van der Waals surface area (Å²) in [4.78, 5) is 11.7. The Kier molecular flexibility index (Phi) is 6.69. The van der Waals surface area contributed by atoms with E-state index in [-0.39, 0.29) is 6.03 Å². The number of hydrogen-bond donors (Lipinski definition) is 2. The number of anilines is 1. The zero-order chi connectivity index (χ0) is 13.2. The van der Waals surface area contributed by atoms with Crippen LogP contribution in [0.15, 0.2) is 24.3 Å². The van der Waals surface area contributed by atoms with Gasteiger partial charge >= 0.3 is 6.03 Å². The number of hydrogen-bond acceptors (Lipinski definition) is 2. The summed E-state index contributed by atoms with van der Waals surface area (Å²) in [5.41, 5.74) is 0.701. The molecule has 0 aliphatic heterocycles. The molecule has 1 aromatic rings. The van der Waals surface area contributed by atoms with Gasteiger partial charge in [-0.3, -0.25) is 0 Å². The molecule has 4 heteroatoms. The molecule has 0 fully saturated rings. The summed E-state index contributed by atoms with van der Waals surface area (Å²) in [6.45, 7) is 5.34. The van der Waals surface area contributed by atoms with E-state index in [1.54, 1.807) is 0 Å². The third-order valence-corrected chi connectivity index (χ3v) is 2.50. The van der Waals surface area contributed by atoms with E-state index in [0.717, 1.165) is 19.3 Å². The first-order valence-electron chi connectivity index (χ1n) is 6.54. The van der Waals surface area contributed by atoms with Crippen molar-refractivity contribution in [3.63, 3.8) is 0 Å². The van der Waals surface area contributed by atoms with Gasteiger partial charge in [0.15, 0.2) is 0 Å². The van der Waals surface area contributed by atoms with Crippen LogP contribution in [0.5, 0.6) is 5.75 Å². The molecule has 18 heavy (non-hydrogen) atoms. The Hall–Kier alpha value is -1.71. The molecule has 0 unspecified atom stereocenters. The van der Waals surface area contributed by atoms with Crippen molar-refractivity contribution in [2.45, 2.75) is 33.1 Å². The highest BCUT2D eigenvalue weighted by atomic mass is 16.5. The number of nitrogens with one attached hydrogen (secondary N) is 2. The second-order valence-corrected chi connectivity index (χ2v) is 4.02. The fourth-order valence-corrected chi connectivity index (χ4v) is 1.59. The average molecular weight is 250 g/mol. The number of amides is 2. The van der Waals surface area contributed by atoms with Gasteiger partial charge in [0.25, 0.3) is 0 Å². The molecule has 0 radical (unpaired) electrons. The van der Waals surface area contributed by atoms with E-state index in [1.807, 2.05) is 31.2 Å². The highest BCUT2D eigenvalue weighted by molar-refractivity contribution is 5.90. The Morgan fingerprint density at radius 1 is 1.22 bits per heavy atom. The van der Waals surface area contributed by atoms with Crippen molar-refractivity contribution in [3.05, 3.63) is 24.3 Å². The Bertz CT molecular complexity index is 367. The first-order valence-corrected chi connectivity index (χ1v) is 6.54. The standard InChI is InChI=1S/C14H22N2O2/c1-3-5-8-11-15-14(17)16-12-9-6-7-10-13(12)18-4-2/h6-7,9-10H,3-5,8,11H2,1-2H3,(H2,15,16,17). The summed E-state index contributed by atoms with van der Waals surface area (Å²) in [5.74, 6) is 0.698. The molecular formula is C14H22N2O2. The van der Waals surface area contributed by atoms with Crippen molar-refractivity contribution in [1.82, 2.24) is 5.32 Å². The van der Waals surface area contributed by atoms with Crippen LogP contribution >= 0.6 is 0 Å². The van der Waals surface area contributed by atoms with Crippen LogP contribution in [-0.2, 0) is 0 Å². The maximum absolute atomic E-state index is 11.7. The summed E-state index contributed by atoms with van der Waals surface area (Å²) < 4.78 is 5.44. The monoisotopic (exact) mass is 250 g/mol. The maximum Gasteiger partial charge on any atom is 0.319 e. The number of benzene rings is 1. The number of para-hydroxylation sites is 2. The van der Waals surface area contributed by atoms with Crippen LogP contribution in [0, 0.1) is 0 Å². The van der Waals surface area contributed by atoms with Gasteiger partial charge in [-0.05, 0) is 25.5 Å². The lowest BCUT2D eigenvalue weighted by Gasteiger charge is -2.11. The quantitative estimate of drug-likeness (QED) is 0.729. The fraction of sp³-hybridized carbons (Fsp3) is 0.500. The summed E-state index contributed by atoms with van der Waals surface area (Å²) in [6, 6.07) is 7.25. The number of unbranched alkanes of at least 4 members (excludes halogenated alkanes) is 2. The van der Waals surface area contributed by atoms with E-state index in [9.17, 15) is 4.79 Å². The minimum absolute atomic E-state index is 0.182. The highest BCUT2D eigenvalue weighted by Gasteiger charge is 2.05. The summed E-state index contributed by atoms with van der Waals surface area (Å²) in [7, 11) is 0. The number of carbonyl (C=O) groups excluding carboxylic acids is 1. The molecule has 0 saturated carbocycles. The molecule has 0 aromatic heterocycles. The summed E-state index contributed by atoms with van der Waals surface area (Å²) >= 11 is 0. The molecule has 1 rings (SSSR count). The molecule has 4 nitrogen and oxygen atoms in total. The van der Waals surface area contributed by atoms with Crippen molar-refractivity contribution in [2.75, 3.05) is 18.5 Å². The Labute approximate surface area is 109 Å². The van der Waals surface area contributed by atoms with Crippen molar-refractivity contribution >= 4 is 11.7 Å². The number of carbonyl (C=O) groups is 1. The van der Waals surface area contributed by atoms with Crippen LogP contribution in [0.2, 0.25) is 0 Å². The van der Waals surface area contributed by atoms with Crippen LogP contribution in [0.1, 0.15) is 33.1 Å². The number of ether oxygens (including phenoxy) is 1. The van der Waals surface area contributed by atoms with Crippen molar-refractivity contribution in [3.8, 4) is 5.75 Å². The van der Waals surface area contributed by atoms with Gasteiger partial charge in [0.05, 0.1) is 12.3 Å². The lowest BCUT2D eigenvalue weighted by molar-refractivity contribution is 0.251. The molecule has 1 aromatic carbocycles.